The average Bonchev–Trinajstić information content (AvgIpc) is 3.00. The van der Waals surface area contributed by atoms with Gasteiger partial charge >= 0.3 is 0 Å². The van der Waals surface area contributed by atoms with E-state index in [0.717, 1.165) is 41.6 Å². The number of hydrogen-bond acceptors (Lipinski definition) is 5. The van der Waals surface area contributed by atoms with E-state index in [2.05, 4.69) is 51.2 Å². The Morgan fingerprint density at radius 1 is 1.18 bits per heavy atom. The van der Waals surface area contributed by atoms with Gasteiger partial charge in [0, 0.05) is 52.9 Å². The third-order valence-corrected chi connectivity index (χ3v) is 6.50. The van der Waals surface area contributed by atoms with Crippen molar-refractivity contribution in [1.82, 2.24) is 10.2 Å². The molecular formula is C26H30IN5O2. The smallest absolute Gasteiger partial charge is 0.255 e. The molecule has 2 aliphatic rings. The van der Waals surface area contributed by atoms with Crippen LogP contribution in [-0.2, 0) is 17.8 Å². The fourth-order valence-electron chi connectivity index (χ4n) is 4.32. The van der Waals surface area contributed by atoms with Crippen molar-refractivity contribution in [1.29, 1.82) is 0 Å². The Labute approximate surface area is 214 Å². The fraction of sp³-hybridized carbons (Fsp3) is 0.346. The zero-order valence-electron chi connectivity index (χ0n) is 19.4. The Balaban J connectivity index is 1.56. The lowest BCUT2D eigenvalue weighted by Crippen LogP contribution is -2.35. The largest absolute Gasteiger partial charge is 0.387 e. The lowest BCUT2D eigenvalue weighted by molar-refractivity contribution is -0.126. The minimum atomic E-state index is -0.207. The maximum absolute atomic E-state index is 13.1. The summed E-state index contributed by atoms with van der Waals surface area (Å²) in [5, 5.41) is 6.35. The van der Waals surface area contributed by atoms with Gasteiger partial charge < -0.3 is 21.3 Å². The number of amidine groups is 1. The Hall–Kier alpha value is -2.72. The number of nitrogens with two attached hydrogens (primary N) is 1. The summed E-state index contributed by atoms with van der Waals surface area (Å²) in [6.45, 7) is 5.27. The molecule has 178 valence electrons. The van der Waals surface area contributed by atoms with E-state index in [1.54, 1.807) is 12.1 Å². The first kappa shape index (κ1) is 24.4. The molecule has 2 aromatic rings. The number of amides is 2. The quantitative estimate of drug-likeness (QED) is 0.345. The predicted molar refractivity (Wildman–Crippen MR) is 146 cm³/mol. The molecule has 7 nitrogen and oxygen atoms in total. The first-order valence-corrected chi connectivity index (χ1v) is 13.2. The number of benzene rings is 2. The summed E-state index contributed by atoms with van der Waals surface area (Å²) >= 11 is 2.28. The monoisotopic (exact) mass is 571 g/mol. The van der Waals surface area contributed by atoms with Crippen LogP contribution in [0.1, 0.15) is 46.8 Å². The second kappa shape index (κ2) is 11.1. The van der Waals surface area contributed by atoms with E-state index in [1.165, 1.54) is 11.1 Å². The standard InChI is InChI=1S/C26H30IN5O2/c1-2-10-32(11-8-27)26(34)20-12-18-3-4-19(14-23(18)31-24(28)15-20)25(33)30-22-6-5-17-7-9-29-16-21(17)13-22/h3-6,12-14,29H,2,7-11,15-16H2,1H3,(H2,28,31)(H,30,33). The van der Waals surface area contributed by atoms with E-state index < -0.39 is 0 Å². The highest BCUT2D eigenvalue weighted by molar-refractivity contribution is 14.1. The zero-order valence-corrected chi connectivity index (χ0v) is 21.5. The molecule has 0 fully saturated rings. The van der Waals surface area contributed by atoms with Gasteiger partial charge in [-0.05, 0) is 60.9 Å². The molecule has 0 aromatic heterocycles. The van der Waals surface area contributed by atoms with Gasteiger partial charge in [0.2, 0.25) is 5.91 Å². The van der Waals surface area contributed by atoms with E-state index in [4.69, 9.17) is 5.73 Å². The van der Waals surface area contributed by atoms with Gasteiger partial charge in [-0.15, -0.1) is 0 Å². The molecular weight excluding hydrogens is 541 g/mol. The van der Waals surface area contributed by atoms with E-state index >= 15 is 0 Å². The number of anilines is 1. The van der Waals surface area contributed by atoms with Gasteiger partial charge in [-0.1, -0.05) is 41.6 Å². The number of rotatable bonds is 7. The van der Waals surface area contributed by atoms with Gasteiger partial charge in [-0.2, -0.15) is 0 Å². The molecule has 4 rings (SSSR count). The maximum Gasteiger partial charge on any atom is 0.255 e. The van der Waals surface area contributed by atoms with Gasteiger partial charge in [0.1, 0.15) is 5.84 Å². The van der Waals surface area contributed by atoms with Crippen LogP contribution < -0.4 is 16.4 Å². The molecule has 0 saturated carbocycles. The first-order chi connectivity index (χ1) is 16.5. The number of carbonyl (C=O) groups is 2. The second-order valence-electron chi connectivity index (χ2n) is 8.57. The fourth-order valence-corrected chi connectivity index (χ4v) is 4.90. The van der Waals surface area contributed by atoms with Crippen molar-refractivity contribution < 1.29 is 9.59 Å². The zero-order chi connectivity index (χ0) is 24.1. The number of nitrogens with zero attached hydrogens (tertiary/aromatic N) is 2. The highest BCUT2D eigenvalue weighted by Crippen LogP contribution is 2.29. The molecule has 2 heterocycles. The van der Waals surface area contributed by atoms with Crippen molar-refractivity contribution in [3.05, 3.63) is 64.2 Å². The van der Waals surface area contributed by atoms with Gasteiger partial charge in [-0.3, -0.25) is 9.59 Å². The van der Waals surface area contributed by atoms with Crippen molar-refractivity contribution in [2.45, 2.75) is 32.7 Å². The molecule has 0 radical (unpaired) electrons. The molecule has 0 unspecified atom stereocenters. The van der Waals surface area contributed by atoms with Gasteiger partial charge in [0.05, 0.1) is 5.69 Å². The third-order valence-electron chi connectivity index (χ3n) is 6.02. The molecule has 0 aliphatic carbocycles. The summed E-state index contributed by atoms with van der Waals surface area (Å²) in [7, 11) is 0. The third kappa shape index (κ3) is 5.67. The van der Waals surface area contributed by atoms with E-state index in [1.807, 2.05) is 29.2 Å². The van der Waals surface area contributed by atoms with Crippen LogP contribution in [0.3, 0.4) is 0 Å². The van der Waals surface area contributed by atoms with Crippen LogP contribution in [0.5, 0.6) is 0 Å². The molecule has 0 spiro atoms. The predicted octanol–water partition coefficient (Wildman–Crippen LogP) is 4.03. The number of halogens is 1. The van der Waals surface area contributed by atoms with Crippen LogP contribution in [0.2, 0.25) is 0 Å². The Morgan fingerprint density at radius 3 is 2.82 bits per heavy atom. The molecule has 34 heavy (non-hydrogen) atoms. The number of nitrogens with one attached hydrogen (secondary N) is 2. The topological polar surface area (TPSA) is 99.8 Å². The molecule has 4 N–H and O–H groups in total. The highest BCUT2D eigenvalue weighted by Gasteiger charge is 2.21. The first-order valence-electron chi connectivity index (χ1n) is 11.6. The lowest BCUT2D eigenvalue weighted by atomic mass is 10.0. The minimum Gasteiger partial charge on any atom is -0.387 e. The average molecular weight is 571 g/mol. The molecule has 0 saturated heterocycles. The Kier molecular flexibility index (Phi) is 7.99. The number of alkyl halides is 1. The molecule has 0 atom stereocenters. The van der Waals surface area contributed by atoms with E-state index in [0.29, 0.717) is 42.2 Å². The van der Waals surface area contributed by atoms with Crippen molar-refractivity contribution in [3.8, 4) is 0 Å². The van der Waals surface area contributed by atoms with Gasteiger partial charge in [0.15, 0.2) is 0 Å². The maximum atomic E-state index is 13.1. The summed E-state index contributed by atoms with van der Waals surface area (Å²) in [5.41, 5.74) is 12.0. The summed E-state index contributed by atoms with van der Waals surface area (Å²) in [6, 6.07) is 11.4. The molecule has 8 heteroatoms. The second-order valence-corrected chi connectivity index (χ2v) is 9.65. The van der Waals surface area contributed by atoms with Crippen molar-refractivity contribution in [3.63, 3.8) is 0 Å². The minimum absolute atomic E-state index is 0.00626. The Morgan fingerprint density at radius 2 is 2.03 bits per heavy atom. The van der Waals surface area contributed by atoms with Crippen molar-refractivity contribution >= 4 is 57.7 Å². The summed E-state index contributed by atoms with van der Waals surface area (Å²) < 4.78 is 0.871. The highest BCUT2D eigenvalue weighted by atomic mass is 127. The number of aliphatic imine (C=N–C) groups is 1. The SMILES string of the molecule is CCCN(CCI)C(=O)C1=Cc2ccc(C(=O)Nc3ccc4c(c3)CNCC4)cc2N=C(N)C1. The lowest BCUT2D eigenvalue weighted by Gasteiger charge is -2.22. The molecule has 0 bridgehead atoms. The van der Waals surface area contributed by atoms with E-state index in [-0.39, 0.29) is 11.8 Å². The number of fused-ring (bicyclic) bond motifs is 2. The van der Waals surface area contributed by atoms with Crippen molar-refractivity contribution in [2.75, 3.05) is 29.4 Å². The molecule has 2 aromatic carbocycles. The molecule has 2 amide bonds. The van der Waals surface area contributed by atoms with Crippen LogP contribution in [0.25, 0.3) is 6.08 Å². The van der Waals surface area contributed by atoms with Crippen LogP contribution in [0.4, 0.5) is 11.4 Å². The van der Waals surface area contributed by atoms with Gasteiger partial charge in [0.25, 0.3) is 5.91 Å². The van der Waals surface area contributed by atoms with E-state index in [9.17, 15) is 9.59 Å². The van der Waals surface area contributed by atoms with Crippen LogP contribution in [0.15, 0.2) is 47.0 Å². The number of carbonyl (C=O) groups excluding carboxylic acids is 2. The Bertz CT molecular complexity index is 1150. The normalized spacial score (nSPS) is 14.8. The van der Waals surface area contributed by atoms with Crippen molar-refractivity contribution in [2.24, 2.45) is 10.7 Å². The summed E-state index contributed by atoms with van der Waals surface area (Å²) in [5.74, 6) is 0.151. The van der Waals surface area contributed by atoms with Crippen LogP contribution in [0, 0.1) is 0 Å². The number of hydrogen-bond donors (Lipinski definition) is 3. The van der Waals surface area contributed by atoms with Crippen LogP contribution in [-0.4, -0.2) is 46.6 Å². The summed E-state index contributed by atoms with van der Waals surface area (Å²) in [6.07, 6.45) is 4.05. The van der Waals surface area contributed by atoms with Crippen LogP contribution >= 0.6 is 22.6 Å². The molecule has 2 aliphatic heterocycles. The summed E-state index contributed by atoms with van der Waals surface area (Å²) in [4.78, 5) is 32.5. The van der Waals surface area contributed by atoms with Gasteiger partial charge in [-0.25, -0.2) is 4.99 Å².